The Balaban J connectivity index is 2.54. The number of halogens is 3. The predicted molar refractivity (Wildman–Crippen MR) is 72.8 cm³/mol. The number of hydrogen-bond acceptors (Lipinski definition) is 3. The van der Waals surface area contributed by atoms with Crippen molar-refractivity contribution >= 4 is 0 Å². The average Bonchev–Trinajstić information content (AvgIpc) is 2.43. The van der Waals surface area contributed by atoms with E-state index in [1.165, 1.54) is 0 Å². The number of methoxy groups -OCH3 is 1. The van der Waals surface area contributed by atoms with Crippen LogP contribution in [0.3, 0.4) is 0 Å². The van der Waals surface area contributed by atoms with Crippen molar-refractivity contribution < 1.29 is 17.9 Å². The molecule has 0 heterocycles. The van der Waals surface area contributed by atoms with Crippen LogP contribution in [-0.2, 0) is 6.42 Å². The highest BCUT2D eigenvalue weighted by atomic mass is 19.4. The minimum atomic E-state index is -4.23. The van der Waals surface area contributed by atoms with Crippen LogP contribution in [0, 0.1) is 0 Å². The quantitative estimate of drug-likeness (QED) is 0.811. The van der Waals surface area contributed by atoms with Crippen LogP contribution in [0.2, 0.25) is 0 Å². The van der Waals surface area contributed by atoms with E-state index in [9.17, 15) is 13.2 Å². The predicted octanol–water partition coefficient (Wildman–Crippen LogP) is 2.50. The summed E-state index contributed by atoms with van der Waals surface area (Å²) in [5.41, 5.74) is 5.91. The zero-order valence-electron chi connectivity index (χ0n) is 11.8. The van der Waals surface area contributed by atoms with Gasteiger partial charge in [-0.05, 0) is 37.5 Å². The Labute approximate surface area is 117 Å². The monoisotopic (exact) mass is 290 g/mol. The fourth-order valence-corrected chi connectivity index (χ4v) is 1.79. The van der Waals surface area contributed by atoms with Gasteiger partial charge in [0.2, 0.25) is 0 Å². The average molecular weight is 290 g/mol. The smallest absolute Gasteiger partial charge is 0.401 e. The van der Waals surface area contributed by atoms with Gasteiger partial charge in [0, 0.05) is 12.1 Å². The maximum Gasteiger partial charge on any atom is 0.401 e. The van der Waals surface area contributed by atoms with Gasteiger partial charge in [-0.2, -0.15) is 13.2 Å². The van der Waals surface area contributed by atoms with Gasteiger partial charge >= 0.3 is 6.18 Å². The van der Waals surface area contributed by atoms with Gasteiger partial charge in [0.25, 0.3) is 0 Å². The van der Waals surface area contributed by atoms with Crippen molar-refractivity contribution in [3.05, 3.63) is 29.8 Å². The number of ether oxygens (including phenoxy) is 1. The molecule has 0 radical (unpaired) electrons. The van der Waals surface area contributed by atoms with Crippen LogP contribution in [0.1, 0.15) is 18.9 Å². The highest BCUT2D eigenvalue weighted by Gasteiger charge is 2.31. The molecule has 0 saturated carbocycles. The van der Waals surface area contributed by atoms with Crippen molar-refractivity contribution in [1.82, 2.24) is 5.32 Å². The second-order valence-electron chi connectivity index (χ2n) is 5.08. The lowest BCUT2D eigenvalue weighted by atomic mass is 9.93. The van der Waals surface area contributed by atoms with Crippen LogP contribution in [0.4, 0.5) is 13.2 Å². The van der Waals surface area contributed by atoms with E-state index >= 15 is 0 Å². The van der Waals surface area contributed by atoms with E-state index in [-0.39, 0.29) is 6.54 Å². The first-order valence-electron chi connectivity index (χ1n) is 6.43. The Morgan fingerprint density at radius 3 is 2.25 bits per heavy atom. The van der Waals surface area contributed by atoms with Crippen molar-refractivity contribution in [3.8, 4) is 5.75 Å². The fraction of sp³-hybridized carbons (Fsp3) is 0.571. The van der Waals surface area contributed by atoms with Crippen LogP contribution < -0.4 is 15.8 Å². The van der Waals surface area contributed by atoms with Crippen LogP contribution in [0.5, 0.6) is 5.75 Å². The topological polar surface area (TPSA) is 47.3 Å². The molecule has 1 aromatic rings. The molecule has 0 aliphatic carbocycles. The van der Waals surface area contributed by atoms with E-state index in [2.05, 4.69) is 5.32 Å². The van der Waals surface area contributed by atoms with Gasteiger partial charge < -0.3 is 15.8 Å². The van der Waals surface area contributed by atoms with E-state index in [4.69, 9.17) is 10.5 Å². The number of nitrogens with two attached hydrogens (primary N) is 1. The van der Waals surface area contributed by atoms with Gasteiger partial charge in [0.15, 0.2) is 0 Å². The van der Waals surface area contributed by atoms with Gasteiger partial charge in [-0.3, -0.25) is 0 Å². The molecule has 0 aromatic heterocycles. The number of rotatable bonds is 7. The third-order valence-corrected chi connectivity index (χ3v) is 3.29. The van der Waals surface area contributed by atoms with Crippen LogP contribution >= 0.6 is 0 Å². The summed E-state index contributed by atoms with van der Waals surface area (Å²) in [6, 6.07) is 7.47. The lowest BCUT2D eigenvalue weighted by molar-refractivity contribution is -0.128. The second-order valence-corrected chi connectivity index (χ2v) is 5.08. The zero-order chi connectivity index (χ0) is 15.2. The number of benzene rings is 1. The van der Waals surface area contributed by atoms with Crippen LogP contribution in [0.15, 0.2) is 24.3 Å². The molecule has 0 saturated heterocycles. The first-order chi connectivity index (χ1) is 9.28. The number of alkyl halides is 3. The Morgan fingerprint density at radius 2 is 1.80 bits per heavy atom. The van der Waals surface area contributed by atoms with Gasteiger partial charge in [-0.25, -0.2) is 0 Å². The van der Waals surface area contributed by atoms with Gasteiger partial charge in [-0.15, -0.1) is 0 Å². The summed E-state index contributed by atoms with van der Waals surface area (Å²) < 4.78 is 41.8. The summed E-state index contributed by atoms with van der Waals surface area (Å²) in [7, 11) is 1.58. The fourth-order valence-electron chi connectivity index (χ4n) is 1.79. The first kappa shape index (κ1) is 16.8. The Kier molecular flexibility index (Phi) is 5.83. The molecule has 114 valence electrons. The van der Waals surface area contributed by atoms with Crippen molar-refractivity contribution in [2.75, 3.05) is 20.2 Å². The summed E-state index contributed by atoms with van der Waals surface area (Å²) in [6.07, 6.45) is -3.04. The summed E-state index contributed by atoms with van der Waals surface area (Å²) in [5.74, 6) is 0.755. The highest BCUT2D eigenvalue weighted by Crippen LogP contribution is 2.19. The molecule has 0 aliphatic rings. The molecule has 0 spiro atoms. The molecule has 1 rings (SSSR count). The molecule has 0 fully saturated rings. The first-order valence-corrected chi connectivity index (χ1v) is 6.43. The molecular weight excluding hydrogens is 269 g/mol. The number of nitrogens with one attached hydrogen (secondary N) is 1. The zero-order valence-corrected chi connectivity index (χ0v) is 11.8. The summed E-state index contributed by atoms with van der Waals surface area (Å²) in [6.45, 7) is 0.838. The second kappa shape index (κ2) is 6.95. The van der Waals surface area contributed by atoms with Crippen molar-refractivity contribution in [1.29, 1.82) is 0 Å². The maximum absolute atomic E-state index is 12.3. The van der Waals surface area contributed by atoms with E-state index in [0.29, 0.717) is 12.8 Å². The van der Waals surface area contributed by atoms with Gasteiger partial charge in [0.05, 0.1) is 13.7 Å². The molecule has 20 heavy (non-hydrogen) atoms. The molecule has 0 bridgehead atoms. The summed E-state index contributed by atoms with van der Waals surface area (Å²) >= 11 is 0. The van der Waals surface area contributed by atoms with Crippen molar-refractivity contribution in [2.24, 2.45) is 5.73 Å². The number of aryl methyl sites for hydroxylation is 1. The lowest BCUT2D eigenvalue weighted by Crippen LogP contribution is -2.52. The minimum Gasteiger partial charge on any atom is -0.497 e. The molecule has 3 nitrogen and oxygen atoms in total. The lowest BCUT2D eigenvalue weighted by Gasteiger charge is -2.30. The minimum absolute atomic E-state index is 0.152. The normalized spacial score (nSPS) is 14.9. The highest BCUT2D eigenvalue weighted by molar-refractivity contribution is 5.27. The molecule has 0 amide bonds. The van der Waals surface area contributed by atoms with Crippen molar-refractivity contribution in [3.63, 3.8) is 0 Å². The van der Waals surface area contributed by atoms with E-state index < -0.39 is 18.3 Å². The third-order valence-electron chi connectivity index (χ3n) is 3.29. The molecular formula is C14H21F3N2O. The van der Waals surface area contributed by atoms with Crippen LogP contribution in [-0.4, -0.2) is 31.9 Å². The van der Waals surface area contributed by atoms with E-state index in [1.807, 2.05) is 24.3 Å². The van der Waals surface area contributed by atoms with Gasteiger partial charge in [-0.1, -0.05) is 12.1 Å². The Bertz CT molecular complexity index is 406. The van der Waals surface area contributed by atoms with Gasteiger partial charge in [0.1, 0.15) is 5.75 Å². The SMILES string of the molecule is COc1ccc(CCC(C)(CN)NCC(F)(F)F)cc1. The molecule has 0 aliphatic heterocycles. The number of hydrogen-bond donors (Lipinski definition) is 2. The standard InChI is InChI=1S/C14H21F3N2O/c1-13(9-18,19-10-14(15,16)17)8-7-11-3-5-12(20-2)6-4-11/h3-6,19H,7-10,18H2,1-2H3. The molecule has 1 unspecified atom stereocenters. The molecule has 1 atom stereocenters. The largest absolute Gasteiger partial charge is 0.497 e. The molecule has 6 heteroatoms. The van der Waals surface area contributed by atoms with Crippen LogP contribution in [0.25, 0.3) is 0 Å². The van der Waals surface area contributed by atoms with E-state index in [1.54, 1.807) is 14.0 Å². The van der Waals surface area contributed by atoms with Crippen molar-refractivity contribution in [2.45, 2.75) is 31.5 Å². The third kappa shape index (κ3) is 5.79. The van der Waals surface area contributed by atoms with E-state index in [0.717, 1.165) is 11.3 Å². The Hall–Kier alpha value is -1.27. The summed E-state index contributed by atoms with van der Waals surface area (Å²) in [5, 5.41) is 2.50. The molecule has 3 N–H and O–H groups in total. The maximum atomic E-state index is 12.3. The molecule has 1 aromatic carbocycles. The summed E-state index contributed by atoms with van der Waals surface area (Å²) in [4.78, 5) is 0. The Morgan fingerprint density at radius 1 is 1.20 bits per heavy atom.